The minimum absolute atomic E-state index is 0.0300. The first-order valence-corrected chi connectivity index (χ1v) is 9.51. The average molecular weight is 444 g/mol. The number of hydrogen-bond donors (Lipinski definition) is 2. The van der Waals surface area contributed by atoms with Crippen LogP contribution < -0.4 is 10.2 Å². The molecule has 0 fully saturated rings. The lowest BCUT2D eigenvalue weighted by molar-refractivity contribution is -0.118. The molecule has 5 nitrogen and oxygen atoms in total. The van der Waals surface area contributed by atoms with E-state index in [1.807, 2.05) is 19.1 Å². The van der Waals surface area contributed by atoms with E-state index in [9.17, 15) is 9.90 Å². The van der Waals surface area contributed by atoms with Crippen molar-refractivity contribution in [3.05, 3.63) is 51.5 Å². The zero-order valence-corrected chi connectivity index (χ0v) is 16.5. The van der Waals surface area contributed by atoms with E-state index in [2.05, 4.69) is 26.5 Å². The van der Waals surface area contributed by atoms with E-state index in [1.54, 1.807) is 24.3 Å². The molecule has 25 heavy (non-hydrogen) atoms. The van der Waals surface area contributed by atoms with Gasteiger partial charge in [0.2, 0.25) is 5.91 Å². The molecule has 0 radical (unpaired) electrons. The van der Waals surface area contributed by atoms with Crippen molar-refractivity contribution in [2.75, 3.05) is 12.4 Å². The molecule has 8 heteroatoms. The molecule has 0 bridgehead atoms. The fraction of sp³-hybridized carbons (Fsp3) is 0.176. The third-order valence-electron chi connectivity index (χ3n) is 2.94. The number of amides is 1. The van der Waals surface area contributed by atoms with Crippen LogP contribution in [0.4, 0.5) is 0 Å². The number of nitrogens with one attached hydrogen (secondary N) is 1. The number of rotatable bonds is 7. The number of phenols is 1. The Balaban J connectivity index is 1.89. The van der Waals surface area contributed by atoms with Crippen molar-refractivity contribution in [1.82, 2.24) is 5.43 Å². The van der Waals surface area contributed by atoms with Crippen LogP contribution in [0.15, 0.2) is 50.9 Å². The lowest BCUT2D eigenvalue weighted by Gasteiger charge is -2.08. The second-order valence-electron chi connectivity index (χ2n) is 4.82. The van der Waals surface area contributed by atoms with E-state index in [4.69, 9.17) is 16.3 Å². The predicted octanol–water partition coefficient (Wildman–Crippen LogP) is 4.45. The highest BCUT2D eigenvalue weighted by molar-refractivity contribution is 9.10. The number of halogens is 2. The van der Waals surface area contributed by atoms with Crippen LogP contribution in [0, 0.1) is 0 Å². The minimum atomic E-state index is -0.223. The summed E-state index contributed by atoms with van der Waals surface area (Å²) in [6, 6.07) is 10.6. The van der Waals surface area contributed by atoms with E-state index in [1.165, 1.54) is 18.0 Å². The molecule has 0 aliphatic rings. The summed E-state index contributed by atoms with van der Waals surface area (Å²) in [6.07, 6.45) is 1.48. The van der Waals surface area contributed by atoms with Gasteiger partial charge in [0.25, 0.3) is 0 Å². The third-order valence-corrected chi connectivity index (χ3v) is 4.81. The Hall–Kier alpha value is -1.70. The van der Waals surface area contributed by atoms with Gasteiger partial charge in [-0.1, -0.05) is 11.6 Å². The molecular formula is C17H16BrClN2O3S. The Morgan fingerprint density at radius 1 is 1.40 bits per heavy atom. The quantitative estimate of drug-likeness (QED) is 0.377. The first kappa shape index (κ1) is 19.6. The molecule has 0 atom stereocenters. The molecular weight excluding hydrogens is 428 g/mol. The van der Waals surface area contributed by atoms with E-state index < -0.39 is 0 Å². The van der Waals surface area contributed by atoms with Crippen LogP contribution in [-0.2, 0) is 4.79 Å². The number of carbonyl (C=O) groups is 1. The van der Waals surface area contributed by atoms with Gasteiger partial charge >= 0.3 is 0 Å². The number of phenolic OH excluding ortho intramolecular Hbond substituents is 1. The summed E-state index contributed by atoms with van der Waals surface area (Å²) in [5, 5.41) is 14.4. The van der Waals surface area contributed by atoms with Gasteiger partial charge in [-0.2, -0.15) is 5.10 Å². The number of ether oxygens (including phenoxy) is 1. The van der Waals surface area contributed by atoms with Crippen LogP contribution in [0.3, 0.4) is 0 Å². The zero-order valence-electron chi connectivity index (χ0n) is 13.3. The number of hydrazone groups is 1. The van der Waals surface area contributed by atoms with Crippen molar-refractivity contribution in [1.29, 1.82) is 0 Å². The maximum Gasteiger partial charge on any atom is 0.250 e. The van der Waals surface area contributed by atoms with Gasteiger partial charge in [-0.25, -0.2) is 5.43 Å². The smallest absolute Gasteiger partial charge is 0.250 e. The lowest BCUT2D eigenvalue weighted by Crippen LogP contribution is -2.19. The molecule has 0 heterocycles. The first-order chi connectivity index (χ1) is 12.0. The van der Waals surface area contributed by atoms with Crippen molar-refractivity contribution in [3.8, 4) is 11.5 Å². The molecule has 0 unspecified atom stereocenters. The number of thioether (sulfide) groups is 1. The number of nitrogens with zero attached hydrogens (tertiary/aromatic N) is 1. The van der Waals surface area contributed by atoms with Crippen LogP contribution in [0.2, 0.25) is 5.02 Å². The highest BCUT2D eigenvalue weighted by Crippen LogP contribution is 2.35. The summed E-state index contributed by atoms with van der Waals surface area (Å²) < 4.78 is 5.83. The molecule has 1 amide bonds. The van der Waals surface area contributed by atoms with Crippen molar-refractivity contribution >= 4 is 51.4 Å². The second-order valence-corrected chi connectivity index (χ2v) is 7.16. The normalized spacial score (nSPS) is 10.8. The van der Waals surface area contributed by atoms with Gasteiger partial charge in [-0.3, -0.25) is 4.79 Å². The molecule has 132 valence electrons. The molecule has 2 N–H and O–H groups in total. The standard InChI is InChI=1S/C17H16BrClN2O3S/c1-2-24-15-8-11(7-14(18)17(15)23)9-20-21-16(22)10-25-13-5-3-12(19)4-6-13/h3-9,23H,2,10H2,1H3,(H,21,22)/b20-9-. The monoisotopic (exact) mass is 442 g/mol. The van der Waals surface area contributed by atoms with Gasteiger partial charge in [0.05, 0.1) is 23.0 Å². The maximum atomic E-state index is 11.8. The van der Waals surface area contributed by atoms with Crippen molar-refractivity contribution in [3.63, 3.8) is 0 Å². The Morgan fingerprint density at radius 2 is 2.12 bits per heavy atom. The molecule has 0 aliphatic heterocycles. The van der Waals surface area contributed by atoms with Crippen LogP contribution in [-0.4, -0.2) is 29.6 Å². The van der Waals surface area contributed by atoms with Crippen LogP contribution in [0.5, 0.6) is 11.5 Å². The maximum absolute atomic E-state index is 11.8. The Kier molecular flexibility index (Phi) is 7.61. The van der Waals surface area contributed by atoms with Gasteiger partial charge < -0.3 is 9.84 Å². The lowest BCUT2D eigenvalue weighted by atomic mass is 10.2. The largest absolute Gasteiger partial charge is 0.503 e. The van der Waals surface area contributed by atoms with Crippen molar-refractivity contribution in [2.45, 2.75) is 11.8 Å². The minimum Gasteiger partial charge on any atom is -0.503 e. The van der Waals surface area contributed by atoms with Gasteiger partial charge in [-0.05, 0) is 64.8 Å². The van der Waals surface area contributed by atoms with Crippen LogP contribution in [0.25, 0.3) is 0 Å². The molecule has 2 aromatic carbocycles. The molecule has 2 rings (SSSR count). The van der Waals surface area contributed by atoms with Gasteiger partial charge in [-0.15, -0.1) is 11.8 Å². The summed E-state index contributed by atoms with van der Waals surface area (Å²) in [7, 11) is 0. The number of carbonyl (C=O) groups excluding carboxylic acids is 1. The number of benzene rings is 2. The number of hydrogen-bond acceptors (Lipinski definition) is 5. The third kappa shape index (κ3) is 6.26. The fourth-order valence-corrected chi connectivity index (χ4v) is 3.10. The molecule has 0 saturated heterocycles. The second kappa shape index (κ2) is 9.70. The Morgan fingerprint density at radius 3 is 2.80 bits per heavy atom. The molecule has 0 spiro atoms. The van der Waals surface area contributed by atoms with E-state index in [-0.39, 0.29) is 17.4 Å². The van der Waals surface area contributed by atoms with Gasteiger partial charge in [0, 0.05) is 9.92 Å². The predicted molar refractivity (Wildman–Crippen MR) is 105 cm³/mol. The Bertz CT molecular complexity index is 769. The molecule has 2 aromatic rings. The summed E-state index contributed by atoms with van der Waals surface area (Å²) >= 11 is 10.5. The summed E-state index contributed by atoms with van der Waals surface area (Å²) in [5.41, 5.74) is 3.14. The summed E-state index contributed by atoms with van der Waals surface area (Å²) in [6.45, 7) is 2.26. The van der Waals surface area contributed by atoms with Gasteiger partial charge in [0.15, 0.2) is 11.5 Å². The molecule has 0 saturated carbocycles. The summed E-state index contributed by atoms with van der Waals surface area (Å²) in [4.78, 5) is 12.8. The highest BCUT2D eigenvalue weighted by Gasteiger charge is 2.08. The van der Waals surface area contributed by atoms with Gasteiger partial charge in [0.1, 0.15) is 0 Å². The fourth-order valence-electron chi connectivity index (χ4n) is 1.82. The SMILES string of the molecule is CCOc1cc(/C=N\NC(=O)CSc2ccc(Cl)cc2)cc(Br)c1O. The zero-order chi connectivity index (χ0) is 18.2. The van der Waals surface area contributed by atoms with Crippen LogP contribution in [0.1, 0.15) is 12.5 Å². The van der Waals surface area contributed by atoms with Crippen LogP contribution >= 0.6 is 39.3 Å². The first-order valence-electron chi connectivity index (χ1n) is 7.35. The van der Waals surface area contributed by atoms with Crippen molar-refractivity contribution in [2.24, 2.45) is 5.10 Å². The topological polar surface area (TPSA) is 70.9 Å². The highest BCUT2D eigenvalue weighted by atomic mass is 79.9. The Labute approximate surface area is 163 Å². The van der Waals surface area contributed by atoms with E-state index in [0.717, 1.165) is 4.90 Å². The van der Waals surface area contributed by atoms with Crippen molar-refractivity contribution < 1.29 is 14.6 Å². The van der Waals surface area contributed by atoms with E-state index >= 15 is 0 Å². The molecule has 0 aliphatic carbocycles. The molecule has 0 aromatic heterocycles. The summed E-state index contributed by atoms with van der Waals surface area (Å²) in [5.74, 6) is 0.395. The average Bonchev–Trinajstić information content (AvgIpc) is 2.59. The number of aromatic hydroxyl groups is 1. The van der Waals surface area contributed by atoms with E-state index in [0.29, 0.717) is 27.4 Å².